The van der Waals surface area contributed by atoms with E-state index in [-0.39, 0.29) is 18.4 Å². The third-order valence-electron chi connectivity index (χ3n) is 5.28. The molecule has 0 aliphatic heterocycles. The molecule has 4 heteroatoms. The zero-order valence-electron chi connectivity index (χ0n) is 15.9. The van der Waals surface area contributed by atoms with Gasteiger partial charge in [0.2, 0.25) is 11.8 Å². The first-order valence-corrected chi connectivity index (χ1v) is 9.57. The molecule has 1 aromatic carbocycles. The molecule has 2 rings (SSSR count). The van der Waals surface area contributed by atoms with Gasteiger partial charge >= 0.3 is 0 Å². The minimum absolute atomic E-state index is 0.0625. The fourth-order valence-corrected chi connectivity index (χ4v) is 3.70. The second-order valence-corrected chi connectivity index (χ2v) is 7.46. The van der Waals surface area contributed by atoms with Crippen molar-refractivity contribution in [2.45, 2.75) is 65.2 Å². The highest BCUT2D eigenvalue weighted by Gasteiger charge is 2.16. The zero-order valence-corrected chi connectivity index (χ0v) is 15.9. The summed E-state index contributed by atoms with van der Waals surface area (Å²) in [4.78, 5) is 26.0. The minimum atomic E-state index is -0.138. The average molecular weight is 344 g/mol. The van der Waals surface area contributed by atoms with Crippen LogP contribution in [0.25, 0.3) is 0 Å². The van der Waals surface area contributed by atoms with Crippen LogP contribution in [-0.2, 0) is 9.59 Å². The van der Waals surface area contributed by atoms with Crippen LogP contribution in [0.5, 0.6) is 0 Å². The predicted molar refractivity (Wildman–Crippen MR) is 103 cm³/mol. The molecule has 1 fully saturated rings. The summed E-state index contributed by atoms with van der Waals surface area (Å²) in [5.41, 5.74) is 2.93. The zero-order chi connectivity index (χ0) is 18.2. The number of aryl methyl sites for hydroxylation is 2. The molecule has 4 nitrogen and oxygen atoms in total. The van der Waals surface area contributed by atoms with E-state index in [1.165, 1.54) is 32.1 Å². The van der Waals surface area contributed by atoms with Crippen molar-refractivity contribution in [3.63, 3.8) is 0 Å². The van der Waals surface area contributed by atoms with Crippen molar-refractivity contribution in [2.75, 3.05) is 18.9 Å². The molecule has 1 aliphatic rings. The van der Waals surface area contributed by atoms with Crippen LogP contribution in [0.3, 0.4) is 0 Å². The van der Waals surface area contributed by atoms with Crippen LogP contribution in [0.1, 0.15) is 62.5 Å². The normalized spacial score (nSPS) is 15.0. The van der Waals surface area contributed by atoms with Crippen molar-refractivity contribution in [1.82, 2.24) is 4.90 Å². The second kappa shape index (κ2) is 9.59. The summed E-state index contributed by atoms with van der Waals surface area (Å²) in [7, 11) is 1.72. The van der Waals surface area contributed by atoms with E-state index in [0.717, 1.165) is 35.6 Å². The number of hydrogen-bond acceptors (Lipinski definition) is 2. The molecule has 138 valence electrons. The number of carbonyl (C=O) groups is 2. The monoisotopic (exact) mass is 344 g/mol. The summed E-state index contributed by atoms with van der Waals surface area (Å²) in [6.07, 6.45) is 9.33. The van der Waals surface area contributed by atoms with Crippen LogP contribution < -0.4 is 5.32 Å². The van der Waals surface area contributed by atoms with Gasteiger partial charge in [0.05, 0.1) is 6.54 Å². The maximum Gasteiger partial charge on any atom is 0.243 e. The SMILES string of the molecule is Cc1cccc(C)c1NC(=O)CN(C)C(=O)CCCC1CCCCC1. The van der Waals surface area contributed by atoms with E-state index in [9.17, 15) is 9.59 Å². The molecule has 1 aliphatic carbocycles. The highest BCUT2D eigenvalue weighted by atomic mass is 16.2. The van der Waals surface area contributed by atoms with E-state index in [0.29, 0.717) is 6.42 Å². The number of anilines is 1. The van der Waals surface area contributed by atoms with Crippen LogP contribution in [-0.4, -0.2) is 30.3 Å². The summed E-state index contributed by atoms with van der Waals surface area (Å²) >= 11 is 0. The van der Waals surface area contributed by atoms with E-state index in [4.69, 9.17) is 0 Å². The molecule has 0 heterocycles. The molecule has 1 aromatic rings. The molecule has 0 saturated heterocycles. The molecule has 0 aromatic heterocycles. The van der Waals surface area contributed by atoms with Crippen LogP contribution in [0.15, 0.2) is 18.2 Å². The van der Waals surface area contributed by atoms with Gasteiger partial charge in [-0.15, -0.1) is 0 Å². The van der Waals surface area contributed by atoms with Crippen molar-refractivity contribution in [3.05, 3.63) is 29.3 Å². The number of likely N-dealkylation sites (N-methyl/N-ethyl adjacent to an activating group) is 1. The lowest BCUT2D eigenvalue weighted by atomic mass is 9.86. The quantitative estimate of drug-likeness (QED) is 0.794. The molecular weight excluding hydrogens is 312 g/mol. The lowest BCUT2D eigenvalue weighted by molar-refractivity contribution is -0.133. The highest BCUT2D eigenvalue weighted by Crippen LogP contribution is 2.27. The van der Waals surface area contributed by atoms with Gasteiger partial charge in [0.1, 0.15) is 0 Å². The first-order chi connectivity index (χ1) is 12.0. The second-order valence-electron chi connectivity index (χ2n) is 7.46. The molecule has 0 spiro atoms. The maximum absolute atomic E-state index is 12.3. The van der Waals surface area contributed by atoms with Crippen molar-refractivity contribution >= 4 is 17.5 Å². The number of amides is 2. The Labute approximate surface area is 152 Å². The summed E-state index contributed by atoms with van der Waals surface area (Å²) in [5.74, 6) is 0.729. The molecule has 0 bridgehead atoms. The Morgan fingerprint density at radius 1 is 1.12 bits per heavy atom. The van der Waals surface area contributed by atoms with Crippen LogP contribution in [0.4, 0.5) is 5.69 Å². The Morgan fingerprint density at radius 3 is 2.40 bits per heavy atom. The standard InChI is InChI=1S/C21H32N2O2/c1-16-9-7-10-17(2)21(16)22-19(24)15-23(3)20(25)14-8-13-18-11-5-4-6-12-18/h7,9-10,18H,4-6,8,11-15H2,1-3H3,(H,22,24). The van der Waals surface area contributed by atoms with Crippen LogP contribution >= 0.6 is 0 Å². The van der Waals surface area contributed by atoms with Gasteiger partial charge in [-0.05, 0) is 43.7 Å². The maximum atomic E-state index is 12.3. The van der Waals surface area contributed by atoms with E-state index < -0.39 is 0 Å². The average Bonchev–Trinajstić information content (AvgIpc) is 2.59. The molecule has 1 N–H and O–H groups in total. The van der Waals surface area contributed by atoms with E-state index in [1.54, 1.807) is 11.9 Å². The molecular formula is C21H32N2O2. The van der Waals surface area contributed by atoms with Gasteiger partial charge in [-0.25, -0.2) is 0 Å². The van der Waals surface area contributed by atoms with Gasteiger partial charge in [0.15, 0.2) is 0 Å². The van der Waals surface area contributed by atoms with Crippen molar-refractivity contribution < 1.29 is 9.59 Å². The molecule has 2 amide bonds. The molecule has 0 atom stereocenters. The van der Waals surface area contributed by atoms with E-state index >= 15 is 0 Å². The summed E-state index contributed by atoms with van der Waals surface area (Å²) < 4.78 is 0. The molecule has 0 unspecified atom stereocenters. The van der Waals surface area contributed by atoms with Crippen LogP contribution in [0.2, 0.25) is 0 Å². The smallest absolute Gasteiger partial charge is 0.243 e. The summed E-state index contributed by atoms with van der Waals surface area (Å²) in [6.45, 7) is 4.06. The Hall–Kier alpha value is -1.84. The first kappa shape index (κ1) is 19.5. The fraction of sp³-hybridized carbons (Fsp3) is 0.619. The van der Waals surface area contributed by atoms with Gasteiger partial charge in [0, 0.05) is 19.2 Å². The van der Waals surface area contributed by atoms with Crippen LogP contribution in [0, 0.1) is 19.8 Å². The Kier molecular flexibility index (Phi) is 7.48. The highest BCUT2D eigenvalue weighted by molar-refractivity contribution is 5.95. The fourth-order valence-electron chi connectivity index (χ4n) is 3.70. The number of benzene rings is 1. The topological polar surface area (TPSA) is 49.4 Å². The van der Waals surface area contributed by atoms with E-state index in [1.807, 2.05) is 32.0 Å². The molecule has 0 radical (unpaired) electrons. The van der Waals surface area contributed by atoms with Gasteiger partial charge in [-0.2, -0.15) is 0 Å². The summed E-state index contributed by atoms with van der Waals surface area (Å²) in [6, 6.07) is 5.92. The lowest BCUT2D eigenvalue weighted by Crippen LogP contribution is -2.35. The van der Waals surface area contributed by atoms with Crippen molar-refractivity contribution in [2.24, 2.45) is 5.92 Å². The number of nitrogens with zero attached hydrogens (tertiary/aromatic N) is 1. The Balaban J connectivity index is 1.73. The lowest BCUT2D eigenvalue weighted by Gasteiger charge is -2.22. The predicted octanol–water partition coefficient (Wildman–Crippen LogP) is 4.45. The summed E-state index contributed by atoms with van der Waals surface area (Å²) in [5, 5.41) is 2.94. The number of carbonyl (C=O) groups excluding carboxylic acids is 2. The van der Waals surface area contributed by atoms with E-state index in [2.05, 4.69) is 5.32 Å². The van der Waals surface area contributed by atoms with Gasteiger partial charge in [-0.1, -0.05) is 50.3 Å². The minimum Gasteiger partial charge on any atom is -0.336 e. The largest absolute Gasteiger partial charge is 0.336 e. The third kappa shape index (κ3) is 6.18. The number of nitrogens with one attached hydrogen (secondary N) is 1. The van der Waals surface area contributed by atoms with Gasteiger partial charge < -0.3 is 10.2 Å². The van der Waals surface area contributed by atoms with Crippen molar-refractivity contribution in [1.29, 1.82) is 0 Å². The van der Waals surface area contributed by atoms with Gasteiger partial charge in [-0.3, -0.25) is 9.59 Å². The number of rotatable bonds is 7. The number of hydrogen-bond donors (Lipinski definition) is 1. The Bertz CT molecular complexity index is 571. The number of para-hydroxylation sites is 1. The Morgan fingerprint density at radius 2 is 1.76 bits per heavy atom. The third-order valence-corrected chi connectivity index (χ3v) is 5.28. The van der Waals surface area contributed by atoms with Crippen molar-refractivity contribution in [3.8, 4) is 0 Å². The first-order valence-electron chi connectivity index (χ1n) is 9.57. The van der Waals surface area contributed by atoms with Gasteiger partial charge in [0.25, 0.3) is 0 Å². The molecule has 25 heavy (non-hydrogen) atoms. The molecule has 1 saturated carbocycles.